The molecule has 0 radical (unpaired) electrons. The fourth-order valence-electron chi connectivity index (χ4n) is 3.01. The van der Waals surface area contributed by atoms with Gasteiger partial charge in [0.15, 0.2) is 0 Å². The number of amides is 1. The molecule has 0 spiro atoms. The van der Waals surface area contributed by atoms with E-state index in [1.54, 1.807) is 0 Å². The maximum Gasteiger partial charge on any atom is 0.407 e. The van der Waals surface area contributed by atoms with Gasteiger partial charge < -0.3 is 10.1 Å². The molecule has 0 aliphatic heterocycles. The van der Waals surface area contributed by atoms with E-state index < -0.39 is 6.09 Å². The third-order valence-corrected chi connectivity index (χ3v) is 4.80. The van der Waals surface area contributed by atoms with Gasteiger partial charge in [0.25, 0.3) is 0 Å². The number of hydrogen-bond donors (Lipinski definition) is 1. The van der Waals surface area contributed by atoms with E-state index in [0.29, 0.717) is 0 Å². The Hall–Kier alpha value is -2.87. The van der Waals surface area contributed by atoms with Crippen LogP contribution in [0, 0.1) is 17.8 Å². The Morgan fingerprint density at radius 2 is 1.85 bits per heavy atom. The molecule has 2 aromatic rings. The summed E-state index contributed by atoms with van der Waals surface area (Å²) < 4.78 is 4.61. The maximum absolute atomic E-state index is 11.2. The van der Waals surface area contributed by atoms with Crippen LogP contribution in [-0.2, 0) is 17.6 Å². The van der Waals surface area contributed by atoms with Gasteiger partial charge >= 0.3 is 6.09 Å². The number of nitrogens with zero attached hydrogens (tertiary/aromatic N) is 2. The first kappa shape index (κ1) is 18.9. The first-order valence-corrected chi connectivity index (χ1v) is 9.38. The standard InChI is InChI=1S/C22H25N3O2/c1-16(25-22(26)27-2)12-19-9-6-17(7-10-19)8-11-20-14-23-21(24-15-20)13-18-4-3-5-18/h6-7,9-10,14-16,18H,3-5,12-13H2,1-2H3,(H,25,26). The van der Waals surface area contributed by atoms with Gasteiger partial charge in [-0.3, -0.25) is 0 Å². The summed E-state index contributed by atoms with van der Waals surface area (Å²) in [6.07, 6.45) is 8.87. The van der Waals surface area contributed by atoms with Gasteiger partial charge in [-0.15, -0.1) is 0 Å². The molecule has 1 amide bonds. The zero-order valence-corrected chi connectivity index (χ0v) is 15.9. The molecule has 1 atom stereocenters. The number of benzene rings is 1. The monoisotopic (exact) mass is 363 g/mol. The van der Waals surface area contributed by atoms with Crippen molar-refractivity contribution in [3.8, 4) is 11.8 Å². The molecule has 1 N–H and O–H groups in total. The van der Waals surface area contributed by atoms with Crippen molar-refractivity contribution in [1.29, 1.82) is 0 Å². The lowest BCUT2D eigenvalue weighted by Crippen LogP contribution is -2.33. The first-order chi connectivity index (χ1) is 13.1. The minimum absolute atomic E-state index is 0.00461. The Kier molecular flexibility index (Phi) is 6.43. The van der Waals surface area contributed by atoms with Crippen molar-refractivity contribution in [3.05, 3.63) is 59.2 Å². The minimum atomic E-state index is -0.411. The fraction of sp³-hybridized carbons (Fsp3) is 0.409. The number of ether oxygens (including phenoxy) is 1. The number of aromatic nitrogens is 2. The van der Waals surface area contributed by atoms with Gasteiger partial charge in [0.1, 0.15) is 5.82 Å². The number of hydrogen-bond acceptors (Lipinski definition) is 4. The Labute approximate surface area is 160 Å². The molecule has 1 aromatic carbocycles. The highest BCUT2D eigenvalue weighted by molar-refractivity contribution is 5.67. The average molecular weight is 363 g/mol. The summed E-state index contributed by atoms with van der Waals surface area (Å²) in [4.78, 5) is 20.1. The van der Waals surface area contributed by atoms with Crippen molar-refractivity contribution in [2.75, 3.05) is 7.11 Å². The quantitative estimate of drug-likeness (QED) is 0.826. The Morgan fingerprint density at radius 1 is 1.19 bits per heavy atom. The highest BCUT2D eigenvalue weighted by atomic mass is 16.5. The van der Waals surface area contributed by atoms with Crippen LogP contribution >= 0.6 is 0 Å². The van der Waals surface area contributed by atoms with Gasteiger partial charge in [0.05, 0.1) is 12.7 Å². The normalized spacial score (nSPS) is 14.4. The Bertz CT molecular complexity index is 815. The SMILES string of the molecule is COC(=O)NC(C)Cc1ccc(C#Cc2cnc(CC3CCC3)nc2)cc1. The van der Waals surface area contributed by atoms with E-state index in [1.807, 2.05) is 43.6 Å². The molecule has 1 aliphatic rings. The summed E-state index contributed by atoms with van der Waals surface area (Å²) >= 11 is 0. The van der Waals surface area contributed by atoms with E-state index >= 15 is 0 Å². The van der Waals surface area contributed by atoms with Crippen LogP contribution in [0.4, 0.5) is 4.79 Å². The molecule has 1 aromatic heterocycles. The molecule has 1 fully saturated rings. The molecule has 1 heterocycles. The van der Waals surface area contributed by atoms with Crippen molar-refractivity contribution >= 4 is 6.09 Å². The van der Waals surface area contributed by atoms with E-state index in [0.717, 1.165) is 41.3 Å². The van der Waals surface area contributed by atoms with Gasteiger partial charge in [-0.25, -0.2) is 14.8 Å². The number of rotatable bonds is 5. The van der Waals surface area contributed by atoms with Crippen LogP contribution < -0.4 is 5.32 Å². The summed E-state index contributed by atoms with van der Waals surface area (Å²) in [6, 6.07) is 8.03. The largest absolute Gasteiger partial charge is 0.453 e. The van der Waals surface area contributed by atoms with Crippen molar-refractivity contribution in [3.63, 3.8) is 0 Å². The minimum Gasteiger partial charge on any atom is -0.453 e. The van der Waals surface area contributed by atoms with Crippen molar-refractivity contribution in [2.24, 2.45) is 5.92 Å². The number of nitrogens with one attached hydrogen (secondary N) is 1. The predicted molar refractivity (Wildman–Crippen MR) is 104 cm³/mol. The number of methoxy groups -OCH3 is 1. The lowest BCUT2D eigenvalue weighted by atomic mass is 9.83. The number of carbonyl (C=O) groups excluding carboxylic acids is 1. The lowest BCUT2D eigenvalue weighted by molar-refractivity contribution is 0.167. The highest BCUT2D eigenvalue weighted by Gasteiger charge is 2.18. The van der Waals surface area contributed by atoms with Crippen LogP contribution in [0.2, 0.25) is 0 Å². The summed E-state index contributed by atoms with van der Waals surface area (Å²) in [5.41, 5.74) is 2.89. The maximum atomic E-state index is 11.2. The van der Waals surface area contributed by atoms with E-state index in [2.05, 4.69) is 31.9 Å². The Morgan fingerprint density at radius 3 is 2.44 bits per heavy atom. The van der Waals surface area contributed by atoms with Crippen molar-refractivity contribution in [2.45, 2.75) is 45.1 Å². The second-order valence-electron chi connectivity index (χ2n) is 7.08. The van der Waals surface area contributed by atoms with Crippen molar-refractivity contribution < 1.29 is 9.53 Å². The van der Waals surface area contributed by atoms with Crippen LogP contribution in [0.5, 0.6) is 0 Å². The smallest absolute Gasteiger partial charge is 0.407 e. The molecule has 140 valence electrons. The van der Waals surface area contributed by atoms with Gasteiger partial charge in [-0.05, 0) is 37.0 Å². The van der Waals surface area contributed by atoms with E-state index in [4.69, 9.17) is 0 Å². The van der Waals surface area contributed by atoms with E-state index in [-0.39, 0.29) is 6.04 Å². The molecular formula is C22H25N3O2. The number of alkyl carbamates (subject to hydrolysis) is 1. The van der Waals surface area contributed by atoms with Crippen molar-refractivity contribution in [1.82, 2.24) is 15.3 Å². The van der Waals surface area contributed by atoms with Gasteiger partial charge in [-0.2, -0.15) is 0 Å². The molecule has 0 saturated heterocycles. The van der Waals surface area contributed by atoms with Crippen LogP contribution in [0.1, 0.15) is 48.7 Å². The molecule has 1 unspecified atom stereocenters. The zero-order chi connectivity index (χ0) is 19.1. The molecule has 5 heteroatoms. The average Bonchev–Trinajstić information content (AvgIpc) is 2.65. The van der Waals surface area contributed by atoms with Crippen LogP contribution in [-0.4, -0.2) is 29.2 Å². The molecule has 0 bridgehead atoms. The summed E-state index contributed by atoms with van der Waals surface area (Å²) in [7, 11) is 1.36. The van der Waals surface area contributed by atoms with Gasteiger partial charge in [0, 0.05) is 30.4 Å². The van der Waals surface area contributed by atoms with E-state index in [1.165, 1.54) is 26.4 Å². The van der Waals surface area contributed by atoms with Crippen LogP contribution in [0.3, 0.4) is 0 Å². The van der Waals surface area contributed by atoms with Gasteiger partial charge in [-0.1, -0.05) is 43.2 Å². The summed E-state index contributed by atoms with van der Waals surface area (Å²) in [6.45, 7) is 1.94. The molecule has 3 rings (SSSR count). The predicted octanol–water partition coefficient (Wildman–Crippen LogP) is 3.51. The topological polar surface area (TPSA) is 64.1 Å². The molecule has 1 saturated carbocycles. The second-order valence-corrected chi connectivity index (χ2v) is 7.08. The fourth-order valence-corrected chi connectivity index (χ4v) is 3.01. The first-order valence-electron chi connectivity index (χ1n) is 9.38. The zero-order valence-electron chi connectivity index (χ0n) is 15.9. The van der Waals surface area contributed by atoms with Gasteiger partial charge in [0.2, 0.25) is 0 Å². The Balaban J connectivity index is 1.54. The molecule has 1 aliphatic carbocycles. The molecule has 27 heavy (non-hydrogen) atoms. The second kappa shape index (κ2) is 9.18. The third kappa shape index (κ3) is 5.82. The molecule has 5 nitrogen and oxygen atoms in total. The number of carbonyl (C=O) groups is 1. The highest BCUT2D eigenvalue weighted by Crippen LogP contribution is 2.28. The third-order valence-electron chi connectivity index (χ3n) is 4.80. The van der Waals surface area contributed by atoms with E-state index in [9.17, 15) is 4.79 Å². The summed E-state index contributed by atoms with van der Waals surface area (Å²) in [5.74, 6) is 7.95. The van der Waals surface area contributed by atoms with Crippen LogP contribution in [0.15, 0.2) is 36.7 Å². The molecular weight excluding hydrogens is 338 g/mol. The van der Waals surface area contributed by atoms with Crippen LogP contribution in [0.25, 0.3) is 0 Å². The summed E-state index contributed by atoms with van der Waals surface area (Å²) in [5, 5.41) is 2.76. The lowest BCUT2D eigenvalue weighted by Gasteiger charge is -2.24.